The van der Waals surface area contributed by atoms with Crippen LogP contribution in [0, 0.1) is 24.7 Å². The summed E-state index contributed by atoms with van der Waals surface area (Å²) >= 11 is 0. The summed E-state index contributed by atoms with van der Waals surface area (Å²) in [5.41, 5.74) is 3.90. The molecule has 0 aromatic heterocycles. The van der Waals surface area contributed by atoms with Gasteiger partial charge in [0.25, 0.3) is 5.91 Å². The largest absolute Gasteiger partial charge is 0.486 e. The summed E-state index contributed by atoms with van der Waals surface area (Å²) in [7, 11) is 0. The van der Waals surface area contributed by atoms with Crippen molar-refractivity contribution in [2.45, 2.75) is 53.3 Å². The van der Waals surface area contributed by atoms with Crippen LogP contribution in [0.2, 0.25) is 0 Å². The maximum absolute atomic E-state index is 13.0. The van der Waals surface area contributed by atoms with Gasteiger partial charge in [-0.1, -0.05) is 50.3 Å². The summed E-state index contributed by atoms with van der Waals surface area (Å²) < 4.78 is 45.5. The van der Waals surface area contributed by atoms with E-state index in [1.807, 2.05) is 38.1 Å². The van der Waals surface area contributed by atoms with Gasteiger partial charge in [0.1, 0.15) is 11.9 Å². The third-order valence-electron chi connectivity index (χ3n) is 6.22. The number of hydrogen-bond donors (Lipinski definition) is 3. The number of aryl methyl sites for hydroxylation is 2. The number of benzene rings is 3. The zero-order chi connectivity index (χ0) is 29.7. The highest BCUT2D eigenvalue weighted by molar-refractivity contribution is 5.96. The standard InChI is InChI=1S/C30H34F3N5O2/c1-18-14-24(15-19(2)27(18)21-10-12-23(13-11-21)30(31,32)33)40-25(16-29(3,4)5)20-6-8-22(9-7-20)28(39)36-17-26(34)37-38-35/h6-15,25H,16-17H2,1-5H3,(H,36,39)(H3,34,35,37). The molecule has 1 atom stereocenters. The Bertz CT molecular complexity index is 1350. The Balaban J connectivity index is 1.84. The van der Waals surface area contributed by atoms with Crippen LogP contribution in [0.1, 0.15) is 65.9 Å². The Hall–Kier alpha value is -4.21. The highest BCUT2D eigenvalue weighted by Gasteiger charge is 2.30. The second-order valence-corrected chi connectivity index (χ2v) is 10.8. The fourth-order valence-corrected chi connectivity index (χ4v) is 4.44. The zero-order valence-electron chi connectivity index (χ0n) is 23.2. The number of nitrogens with two attached hydrogens (primary N) is 1. The first-order valence-corrected chi connectivity index (χ1v) is 12.7. The maximum atomic E-state index is 13.0. The van der Waals surface area contributed by atoms with Gasteiger partial charge in [-0.25, -0.2) is 0 Å². The van der Waals surface area contributed by atoms with Crippen molar-refractivity contribution in [3.63, 3.8) is 0 Å². The lowest BCUT2D eigenvalue weighted by atomic mass is 9.86. The van der Waals surface area contributed by atoms with Gasteiger partial charge in [0.05, 0.1) is 12.1 Å². The SMILES string of the molecule is Cc1cc(OC(CC(C)(C)C)c2ccc(C(=O)NCC(=N)N=NN)cc2)cc(C)c1-c1ccc(C(F)(F)F)cc1. The van der Waals surface area contributed by atoms with Crippen LogP contribution in [0.25, 0.3) is 11.1 Å². The van der Waals surface area contributed by atoms with Crippen LogP contribution in [0.3, 0.4) is 0 Å². The van der Waals surface area contributed by atoms with Crippen LogP contribution in [0.15, 0.2) is 71.0 Å². The molecule has 0 radical (unpaired) electrons. The number of carbonyl (C=O) groups excluding carboxylic acids is 1. The Morgan fingerprint density at radius 1 is 1.00 bits per heavy atom. The average Bonchev–Trinajstić information content (AvgIpc) is 2.86. The predicted octanol–water partition coefficient (Wildman–Crippen LogP) is 7.58. The molecule has 212 valence electrons. The van der Waals surface area contributed by atoms with Crippen molar-refractivity contribution in [1.82, 2.24) is 5.32 Å². The monoisotopic (exact) mass is 553 g/mol. The third-order valence-corrected chi connectivity index (χ3v) is 6.22. The Morgan fingerprint density at radius 2 is 1.57 bits per heavy atom. The van der Waals surface area contributed by atoms with Crippen LogP contribution in [0.5, 0.6) is 5.75 Å². The molecule has 0 bridgehead atoms. The first-order valence-electron chi connectivity index (χ1n) is 12.7. The molecule has 0 aliphatic rings. The molecule has 40 heavy (non-hydrogen) atoms. The maximum Gasteiger partial charge on any atom is 0.416 e. The number of hydrogen-bond acceptors (Lipinski definition) is 4. The van der Waals surface area contributed by atoms with Crippen LogP contribution in [0.4, 0.5) is 13.2 Å². The second-order valence-electron chi connectivity index (χ2n) is 10.8. The Kier molecular flexibility index (Phi) is 9.34. The van der Waals surface area contributed by atoms with Crippen molar-refractivity contribution in [1.29, 1.82) is 5.41 Å². The summed E-state index contributed by atoms with van der Waals surface area (Å²) in [6.07, 6.45) is -4.00. The molecule has 0 saturated heterocycles. The second kappa shape index (κ2) is 12.3. The van der Waals surface area contributed by atoms with Crippen molar-refractivity contribution in [2.24, 2.45) is 21.6 Å². The van der Waals surface area contributed by atoms with Gasteiger partial charge in [0, 0.05) is 5.56 Å². The van der Waals surface area contributed by atoms with E-state index in [0.29, 0.717) is 23.3 Å². The van der Waals surface area contributed by atoms with Crippen molar-refractivity contribution in [2.75, 3.05) is 6.54 Å². The molecule has 0 fully saturated rings. The summed E-state index contributed by atoms with van der Waals surface area (Å²) in [4.78, 5) is 12.4. The molecule has 0 heterocycles. The molecule has 0 saturated carbocycles. The zero-order valence-corrected chi connectivity index (χ0v) is 23.2. The van der Waals surface area contributed by atoms with Gasteiger partial charge < -0.3 is 15.9 Å². The summed E-state index contributed by atoms with van der Waals surface area (Å²) in [5.74, 6) is 5.04. The van der Waals surface area contributed by atoms with E-state index in [2.05, 4.69) is 36.4 Å². The fourth-order valence-electron chi connectivity index (χ4n) is 4.44. The summed E-state index contributed by atoms with van der Waals surface area (Å²) in [6, 6.07) is 16.0. The van der Waals surface area contributed by atoms with Crippen LogP contribution >= 0.6 is 0 Å². The first-order chi connectivity index (χ1) is 18.7. The number of alkyl halides is 3. The number of halogens is 3. The topological polar surface area (TPSA) is 113 Å². The molecule has 3 aromatic rings. The van der Waals surface area contributed by atoms with E-state index in [4.69, 9.17) is 16.0 Å². The number of amides is 1. The van der Waals surface area contributed by atoms with Gasteiger partial charge in [-0.15, -0.1) is 5.11 Å². The summed E-state index contributed by atoms with van der Waals surface area (Å²) in [5, 5.41) is 16.5. The molecule has 3 aromatic carbocycles. The number of carbonyl (C=O) groups is 1. The number of ether oxygens (including phenoxy) is 1. The minimum Gasteiger partial charge on any atom is -0.486 e. The van der Waals surface area contributed by atoms with E-state index in [1.165, 1.54) is 12.1 Å². The molecule has 0 spiro atoms. The molecular formula is C30H34F3N5O2. The number of nitrogens with one attached hydrogen (secondary N) is 2. The lowest BCUT2D eigenvalue weighted by Gasteiger charge is -2.28. The van der Waals surface area contributed by atoms with Crippen LogP contribution in [-0.4, -0.2) is 18.3 Å². The van der Waals surface area contributed by atoms with Gasteiger partial charge in [0.15, 0.2) is 5.84 Å². The van der Waals surface area contributed by atoms with E-state index in [-0.39, 0.29) is 29.8 Å². The van der Waals surface area contributed by atoms with Crippen LogP contribution in [-0.2, 0) is 6.18 Å². The number of nitrogens with zero attached hydrogens (tertiary/aromatic N) is 2. The van der Waals surface area contributed by atoms with Gasteiger partial charge >= 0.3 is 6.18 Å². The molecule has 4 N–H and O–H groups in total. The molecule has 1 unspecified atom stereocenters. The van der Waals surface area contributed by atoms with Gasteiger partial charge in [-0.2, -0.15) is 13.2 Å². The highest BCUT2D eigenvalue weighted by atomic mass is 19.4. The Morgan fingerprint density at radius 3 is 2.08 bits per heavy atom. The van der Waals surface area contributed by atoms with Gasteiger partial charge in [-0.05, 0) is 89.9 Å². The van der Waals surface area contributed by atoms with Crippen LogP contribution < -0.4 is 15.9 Å². The van der Waals surface area contributed by atoms with Gasteiger partial charge in [0.2, 0.25) is 0 Å². The molecule has 0 aliphatic heterocycles. The average molecular weight is 554 g/mol. The van der Waals surface area contributed by atoms with E-state index >= 15 is 0 Å². The number of amidine groups is 1. The molecule has 0 aliphatic carbocycles. The van der Waals surface area contributed by atoms with E-state index in [1.54, 1.807) is 12.1 Å². The normalized spacial score (nSPS) is 12.8. The minimum atomic E-state index is -4.38. The highest BCUT2D eigenvalue weighted by Crippen LogP contribution is 2.37. The fraction of sp³-hybridized carbons (Fsp3) is 0.333. The molecule has 1 amide bonds. The van der Waals surface area contributed by atoms with E-state index in [9.17, 15) is 18.0 Å². The van der Waals surface area contributed by atoms with E-state index in [0.717, 1.165) is 34.4 Å². The smallest absolute Gasteiger partial charge is 0.416 e. The van der Waals surface area contributed by atoms with Crippen molar-refractivity contribution in [3.8, 4) is 16.9 Å². The van der Waals surface area contributed by atoms with Gasteiger partial charge in [-0.3, -0.25) is 10.2 Å². The molecule has 3 rings (SSSR count). The molecule has 10 heteroatoms. The van der Waals surface area contributed by atoms with Crippen molar-refractivity contribution in [3.05, 3.63) is 88.5 Å². The molecule has 7 nitrogen and oxygen atoms in total. The molecular weight excluding hydrogens is 519 g/mol. The number of rotatable bonds is 8. The third kappa shape index (κ3) is 8.14. The quantitative estimate of drug-likeness (QED) is 0.0878. The van der Waals surface area contributed by atoms with Crippen molar-refractivity contribution >= 4 is 11.7 Å². The van der Waals surface area contributed by atoms with E-state index < -0.39 is 11.7 Å². The Labute approximate surface area is 232 Å². The predicted molar refractivity (Wildman–Crippen MR) is 149 cm³/mol. The lowest BCUT2D eigenvalue weighted by Crippen LogP contribution is -2.28. The first kappa shape index (κ1) is 30.3. The minimum absolute atomic E-state index is 0.0666. The lowest BCUT2D eigenvalue weighted by molar-refractivity contribution is -0.137. The summed E-state index contributed by atoms with van der Waals surface area (Å²) in [6.45, 7) is 10.1. The van der Waals surface area contributed by atoms with Crippen molar-refractivity contribution < 1.29 is 22.7 Å².